The first-order valence-electron chi connectivity index (χ1n) is 6.69. The fraction of sp³-hybridized carbons (Fsp3) is 0.533. The van der Waals surface area contributed by atoms with Crippen molar-refractivity contribution in [2.45, 2.75) is 32.4 Å². The summed E-state index contributed by atoms with van der Waals surface area (Å²) in [5.74, 6) is 0.872. The van der Waals surface area contributed by atoms with E-state index in [4.69, 9.17) is 0 Å². The Kier molecular flexibility index (Phi) is 4.37. The molecule has 1 aliphatic carbocycles. The van der Waals surface area contributed by atoms with Crippen LogP contribution in [-0.4, -0.2) is 30.4 Å². The molecule has 18 heavy (non-hydrogen) atoms. The summed E-state index contributed by atoms with van der Waals surface area (Å²) in [4.78, 5) is 13.9. The van der Waals surface area contributed by atoms with E-state index in [1.807, 2.05) is 6.07 Å². The number of carbonyl (C=O) groups excluding carboxylic acids is 1. The van der Waals surface area contributed by atoms with Crippen LogP contribution in [0.15, 0.2) is 30.3 Å². The predicted molar refractivity (Wildman–Crippen MR) is 73.1 cm³/mol. The molecule has 1 N–H and O–H groups in total. The summed E-state index contributed by atoms with van der Waals surface area (Å²) < 4.78 is 0. The van der Waals surface area contributed by atoms with E-state index < -0.39 is 0 Å². The van der Waals surface area contributed by atoms with E-state index >= 15 is 0 Å². The second-order valence-electron chi connectivity index (χ2n) is 5.14. The normalized spacial score (nSPS) is 16.6. The van der Waals surface area contributed by atoms with E-state index in [1.165, 1.54) is 18.4 Å². The maximum atomic E-state index is 11.6. The van der Waals surface area contributed by atoms with Crippen LogP contribution >= 0.6 is 0 Å². The van der Waals surface area contributed by atoms with Gasteiger partial charge < -0.3 is 5.32 Å². The van der Waals surface area contributed by atoms with Crippen molar-refractivity contribution in [2.24, 2.45) is 5.92 Å². The highest BCUT2D eigenvalue weighted by atomic mass is 16.1. The molecule has 3 heteroatoms. The van der Waals surface area contributed by atoms with E-state index in [0.29, 0.717) is 12.6 Å². The van der Waals surface area contributed by atoms with Crippen LogP contribution in [0.3, 0.4) is 0 Å². The Balaban J connectivity index is 2.01. The van der Waals surface area contributed by atoms with Crippen LogP contribution in [0.1, 0.15) is 25.3 Å². The Hall–Kier alpha value is -1.35. The molecule has 1 atom stereocenters. The van der Waals surface area contributed by atoms with E-state index in [9.17, 15) is 4.79 Å². The van der Waals surface area contributed by atoms with E-state index in [1.54, 1.807) is 7.05 Å². The average molecular weight is 246 g/mol. The lowest BCUT2D eigenvalue weighted by atomic mass is 10.1. The van der Waals surface area contributed by atoms with E-state index in [-0.39, 0.29) is 5.91 Å². The van der Waals surface area contributed by atoms with Crippen LogP contribution in [0, 0.1) is 5.92 Å². The molecule has 0 saturated heterocycles. The number of hydrogen-bond acceptors (Lipinski definition) is 2. The molecule has 0 bridgehead atoms. The number of hydrogen-bond donors (Lipinski definition) is 1. The van der Waals surface area contributed by atoms with Crippen molar-refractivity contribution in [1.29, 1.82) is 0 Å². The Morgan fingerprint density at radius 1 is 1.39 bits per heavy atom. The summed E-state index contributed by atoms with van der Waals surface area (Å²) in [6, 6.07) is 10.9. The number of likely N-dealkylation sites (N-methyl/N-ethyl adjacent to an activating group) is 1. The van der Waals surface area contributed by atoms with Gasteiger partial charge in [-0.1, -0.05) is 30.3 Å². The number of nitrogens with zero attached hydrogens (tertiary/aromatic N) is 1. The maximum Gasteiger partial charge on any atom is 0.233 e. The quantitative estimate of drug-likeness (QED) is 0.833. The fourth-order valence-corrected chi connectivity index (χ4v) is 2.30. The molecule has 1 saturated carbocycles. The topological polar surface area (TPSA) is 32.3 Å². The first-order valence-corrected chi connectivity index (χ1v) is 6.69. The zero-order chi connectivity index (χ0) is 13.0. The second kappa shape index (κ2) is 6.01. The minimum absolute atomic E-state index is 0.0958. The van der Waals surface area contributed by atoms with Crippen molar-refractivity contribution in [3.8, 4) is 0 Å². The van der Waals surface area contributed by atoms with Gasteiger partial charge in [-0.2, -0.15) is 0 Å². The van der Waals surface area contributed by atoms with Crippen LogP contribution in [0.2, 0.25) is 0 Å². The highest BCUT2D eigenvalue weighted by Gasteiger charge is 2.32. The van der Waals surface area contributed by atoms with Crippen molar-refractivity contribution in [3.63, 3.8) is 0 Å². The Labute approximate surface area is 109 Å². The summed E-state index contributed by atoms with van der Waals surface area (Å²) in [5, 5.41) is 2.71. The summed E-state index contributed by atoms with van der Waals surface area (Å²) in [6.45, 7) is 3.58. The van der Waals surface area contributed by atoms with Crippen LogP contribution in [-0.2, 0) is 11.3 Å². The monoisotopic (exact) mass is 246 g/mol. The first-order chi connectivity index (χ1) is 8.70. The van der Waals surface area contributed by atoms with Crippen molar-refractivity contribution in [1.82, 2.24) is 10.2 Å². The third-order valence-corrected chi connectivity index (χ3v) is 3.73. The summed E-state index contributed by atoms with van der Waals surface area (Å²) in [6.07, 6.45) is 2.61. The molecule has 0 spiro atoms. The summed E-state index contributed by atoms with van der Waals surface area (Å²) in [5.41, 5.74) is 1.27. The first kappa shape index (κ1) is 13.1. The number of nitrogens with one attached hydrogen (secondary N) is 1. The lowest BCUT2D eigenvalue weighted by Crippen LogP contribution is -2.41. The highest BCUT2D eigenvalue weighted by Crippen LogP contribution is 2.35. The van der Waals surface area contributed by atoms with Gasteiger partial charge in [0.25, 0.3) is 0 Å². The molecular weight excluding hydrogens is 224 g/mol. The van der Waals surface area contributed by atoms with Crippen molar-refractivity contribution >= 4 is 5.91 Å². The molecule has 0 aliphatic heterocycles. The van der Waals surface area contributed by atoms with Gasteiger partial charge in [0, 0.05) is 19.6 Å². The number of amides is 1. The smallest absolute Gasteiger partial charge is 0.233 e. The van der Waals surface area contributed by atoms with Crippen LogP contribution in [0.5, 0.6) is 0 Å². The SMILES string of the molecule is CNC(=O)CN(Cc1ccccc1)C(C)C1CC1. The van der Waals surface area contributed by atoms with Crippen LogP contribution < -0.4 is 5.32 Å². The van der Waals surface area contributed by atoms with Gasteiger partial charge in [0.15, 0.2) is 0 Å². The van der Waals surface area contributed by atoms with Crippen LogP contribution in [0.4, 0.5) is 0 Å². The van der Waals surface area contributed by atoms with Gasteiger partial charge in [-0.15, -0.1) is 0 Å². The third kappa shape index (κ3) is 3.57. The molecular formula is C15H22N2O. The molecule has 1 aromatic carbocycles. The zero-order valence-corrected chi connectivity index (χ0v) is 11.2. The van der Waals surface area contributed by atoms with Gasteiger partial charge in [0.2, 0.25) is 5.91 Å². The van der Waals surface area contributed by atoms with Gasteiger partial charge >= 0.3 is 0 Å². The molecule has 0 radical (unpaired) electrons. The van der Waals surface area contributed by atoms with Crippen molar-refractivity contribution in [2.75, 3.05) is 13.6 Å². The van der Waals surface area contributed by atoms with Gasteiger partial charge in [0.05, 0.1) is 6.54 Å². The molecule has 1 aliphatic rings. The fourth-order valence-electron chi connectivity index (χ4n) is 2.30. The summed E-state index contributed by atoms with van der Waals surface area (Å²) in [7, 11) is 1.70. The van der Waals surface area contributed by atoms with Crippen molar-refractivity contribution < 1.29 is 4.79 Å². The van der Waals surface area contributed by atoms with E-state index in [0.717, 1.165) is 12.5 Å². The van der Waals surface area contributed by atoms with Gasteiger partial charge in [0.1, 0.15) is 0 Å². The molecule has 1 unspecified atom stereocenters. The molecule has 2 rings (SSSR count). The second-order valence-corrected chi connectivity index (χ2v) is 5.14. The largest absolute Gasteiger partial charge is 0.358 e. The molecule has 1 fully saturated rings. The molecule has 0 heterocycles. The molecule has 3 nitrogen and oxygen atoms in total. The van der Waals surface area contributed by atoms with Gasteiger partial charge in [-0.3, -0.25) is 9.69 Å². The Morgan fingerprint density at radius 2 is 2.06 bits per heavy atom. The van der Waals surface area contributed by atoms with Gasteiger partial charge in [-0.25, -0.2) is 0 Å². The molecule has 1 amide bonds. The molecule has 0 aromatic heterocycles. The van der Waals surface area contributed by atoms with E-state index in [2.05, 4.69) is 41.4 Å². The minimum atomic E-state index is 0.0958. The lowest BCUT2D eigenvalue weighted by Gasteiger charge is -2.28. The summed E-state index contributed by atoms with van der Waals surface area (Å²) >= 11 is 0. The molecule has 98 valence electrons. The standard InChI is InChI=1S/C15H22N2O/c1-12(14-8-9-14)17(11-15(18)16-2)10-13-6-4-3-5-7-13/h3-7,12,14H,8-11H2,1-2H3,(H,16,18). The lowest BCUT2D eigenvalue weighted by molar-refractivity contribution is -0.122. The van der Waals surface area contributed by atoms with Gasteiger partial charge in [-0.05, 0) is 31.2 Å². The zero-order valence-electron chi connectivity index (χ0n) is 11.2. The Morgan fingerprint density at radius 3 is 2.61 bits per heavy atom. The highest BCUT2D eigenvalue weighted by molar-refractivity contribution is 5.77. The van der Waals surface area contributed by atoms with Crippen molar-refractivity contribution in [3.05, 3.63) is 35.9 Å². The average Bonchev–Trinajstić information content (AvgIpc) is 3.22. The predicted octanol–water partition coefficient (Wildman–Crippen LogP) is 2.03. The minimum Gasteiger partial charge on any atom is -0.358 e. The maximum absolute atomic E-state index is 11.6. The van der Waals surface area contributed by atoms with Crippen LogP contribution in [0.25, 0.3) is 0 Å². The number of carbonyl (C=O) groups is 1. The Bertz CT molecular complexity index is 387. The number of benzene rings is 1. The molecule has 1 aromatic rings. The number of rotatable bonds is 6. The third-order valence-electron chi connectivity index (χ3n) is 3.73.